The van der Waals surface area contributed by atoms with Gasteiger partial charge in [-0.15, -0.1) is 0 Å². The number of carbonyl (C=O) groups excluding carboxylic acids is 2. The average Bonchev–Trinajstić information content (AvgIpc) is 2.99. The maximum Gasteiger partial charge on any atom is 0.325 e. The van der Waals surface area contributed by atoms with Crippen LogP contribution in [0.4, 0.5) is 4.79 Å². The summed E-state index contributed by atoms with van der Waals surface area (Å²) < 4.78 is 11.1. The molecule has 34 heavy (non-hydrogen) atoms. The number of benzene rings is 1. The number of piperidine rings is 1. The predicted molar refractivity (Wildman–Crippen MR) is 128 cm³/mol. The molecule has 0 atom stereocenters. The van der Waals surface area contributed by atoms with Crippen LogP contribution in [0.5, 0.6) is 11.5 Å². The topological polar surface area (TPSA) is 74.4 Å². The number of rotatable bonds is 4. The minimum absolute atomic E-state index is 0.0347. The lowest BCUT2D eigenvalue weighted by molar-refractivity contribution is -0.129. The second-order valence-electron chi connectivity index (χ2n) is 9.14. The van der Waals surface area contributed by atoms with Crippen LogP contribution in [-0.2, 0) is 17.8 Å². The fraction of sp³-hybridized carbons (Fsp3) is 0.462. The summed E-state index contributed by atoms with van der Waals surface area (Å²) in [4.78, 5) is 32.5. The predicted octanol–water partition coefficient (Wildman–Crippen LogP) is 3.15. The summed E-state index contributed by atoms with van der Waals surface area (Å²) in [5.74, 6) is 1.58. The van der Waals surface area contributed by atoms with E-state index in [4.69, 9.17) is 9.47 Å². The molecule has 8 heteroatoms. The Bertz CT molecular complexity index is 1100. The molecule has 5 rings (SSSR count). The van der Waals surface area contributed by atoms with Crippen LogP contribution in [0.2, 0.25) is 0 Å². The number of hydrogen-bond donors (Lipinski definition) is 1. The van der Waals surface area contributed by atoms with Crippen molar-refractivity contribution in [1.29, 1.82) is 0 Å². The van der Waals surface area contributed by atoms with Crippen LogP contribution in [0, 0.1) is 0 Å². The number of likely N-dealkylation sites (N-methyl/N-ethyl adjacent to an activating group) is 1. The van der Waals surface area contributed by atoms with Crippen molar-refractivity contribution in [2.24, 2.45) is 0 Å². The number of methoxy groups -OCH3 is 2. The van der Waals surface area contributed by atoms with Crippen molar-refractivity contribution in [2.75, 3.05) is 33.9 Å². The van der Waals surface area contributed by atoms with Crippen LogP contribution in [0.3, 0.4) is 0 Å². The van der Waals surface area contributed by atoms with Crippen LogP contribution in [0.25, 0.3) is 0 Å². The van der Waals surface area contributed by atoms with E-state index in [1.54, 1.807) is 20.4 Å². The van der Waals surface area contributed by atoms with Gasteiger partial charge in [0.1, 0.15) is 11.5 Å². The summed E-state index contributed by atoms with van der Waals surface area (Å²) in [6.45, 7) is 4.40. The Morgan fingerprint density at radius 3 is 2.59 bits per heavy atom. The minimum Gasteiger partial charge on any atom is -0.497 e. The van der Waals surface area contributed by atoms with Crippen molar-refractivity contribution in [2.45, 2.75) is 44.7 Å². The number of amides is 3. The summed E-state index contributed by atoms with van der Waals surface area (Å²) in [6.07, 6.45) is 10.6. The third kappa shape index (κ3) is 3.43. The minimum atomic E-state index is -0.388. The van der Waals surface area contributed by atoms with E-state index in [0.717, 1.165) is 46.7 Å². The maximum atomic E-state index is 13.6. The van der Waals surface area contributed by atoms with Gasteiger partial charge in [0.05, 0.1) is 26.3 Å². The van der Waals surface area contributed by atoms with E-state index in [1.807, 2.05) is 46.0 Å². The van der Waals surface area contributed by atoms with Crippen LogP contribution in [0.15, 0.2) is 48.0 Å². The molecule has 8 nitrogen and oxygen atoms in total. The number of likely N-dealkylation sites (tertiary alicyclic amines) is 1. The number of nitrogens with one attached hydrogen (secondary N) is 1. The Kier molecular flexibility index (Phi) is 5.75. The van der Waals surface area contributed by atoms with E-state index >= 15 is 0 Å². The highest BCUT2D eigenvalue weighted by molar-refractivity contribution is 5.94. The molecule has 4 aliphatic rings. The summed E-state index contributed by atoms with van der Waals surface area (Å²) >= 11 is 0. The first-order valence-electron chi connectivity index (χ1n) is 12.0. The molecule has 1 aromatic carbocycles. The van der Waals surface area contributed by atoms with Crippen LogP contribution < -0.4 is 14.8 Å². The highest BCUT2D eigenvalue weighted by atomic mass is 16.5. The zero-order valence-electron chi connectivity index (χ0n) is 20.1. The SMILES string of the molecule is CCN1C(=O)N2Cc3cc(OC)cc(OC)c3CC=C2C12CCN(C(=O)C1=CNC=CC1)CC2. The number of allylic oxidation sites excluding steroid dienone is 2. The number of nitrogens with zero attached hydrogens (tertiary/aromatic N) is 3. The van der Waals surface area contributed by atoms with Gasteiger partial charge in [-0.25, -0.2) is 4.79 Å². The molecule has 0 radical (unpaired) electrons. The molecule has 2 saturated heterocycles. The maximum absolute atomic E-state index is 13.6. The number of ether oxygens (including phenoxy) is 2. The molecule has 1 N–H and O–H groups in total. The molecule has 0 bridgehead atoms. The van der Waals surface area contributed by atoms with Crippen LogP contribution >= 0.6 is 0 Å². The summed E-state index contributed by atoms with van der Waals surface area (Å²) in [5.41, 5.74) is 3.58. The first kappa shape index (κ1) is 22.4. The normalized spacial score (nSPS) is 20.8. The van der Waals surface area contributed by atoms with Crippen LogP contribution in [0.1, 0.15) is 37.3 Å². The van der Waals surface area contributed by atoms with Gasteiger partial charge in [0.25, 0.3) is 5.91 Å². The number of carbonyl (C=O) groups is 2. The molecule has 4 aliphatic heterocycles. The third-order valence-electron chi connectivity index (χ3n) is 7.58. The zero-order valence-corrected chi connectivity index (χ0v) is 20.1. The average molecular weight is 465 g/mol. The van der Waals surface area contributed by atoms with Crippen molar-refractivity contribution in [3.63, 3.8) is 0 Å². The van der Waals surface area contributed by atoms with Gasteiger partial charge in [-0.3, -0.25) is 9.69 Å². The Hall–Kier alpha value is -3.42. The van der Waals surface area contributed by atoms with E-state index < -0.39 is 0 Å². The molecule has 1 spiro atoms. The highest BCUT2D eigenvalue weighted by Crippen LogP contribution is 2.46. The lowest BCUT2D eigenvalue weighted by Gasteiger charge is -2.44. The van der Waals surface area contributed by atoms with Crippen LogP contribution in [-0.4, -0.2) is 66.0 Å². The molecule has 180 valence electrons. The smallest absolute Gasteiger partial charge is 0.325 e. The van der Waals surface area contributed by atoms with Crippen molar-refractivity contribution in [3.05, 3.63) is 59.1 Å². The van der Waals surface area contributed by atoms with Gasteiger partial charge < -0.3 is 24.6 Å². The van der Waals surface area contributed by atoms with Gasteiger partial charge in [0.2, 0.25) is 0 Å². The Labute approximate surface area is 200 Å². The highest BCUT2D eigenvalue weighted by Gasteiger charge is 2.54. The molecular formula is C26H32N4O4. The van der Waals surface area contributed by atoms with Gasteiger partial charge in [0, 0.05) is 48.7 Å². The van der Waals surface area contributed by atoms with Gasteiger partial charge >= 0.3 is 6.03 Å². The summed E-state index contributed by atoms with van der Waals surface area (Å²) in [7, 11) is 3.31. The van der Waals surface area contributed by atoms with Crippen molar-refractivity contribution in [3.8, 4) is 11.5 Å². The number of fused-ring (bicyclic) bond motifs is 3. The van der Waals surface area contributed by atoms with Crippen molar-refractivity contribution < 1.29 is 19.1 Å². The second-order valence-corrected chi connectivity index (χ2v) is 9.14. The van der Waals surface area contributed by atoms with Gasteiger partial charge in [-0.1, -0.05) is 12.2 Å². The number of urea groups is 1. The molecule has 1 aromatic rings. The van der Waals surface area contributed by atoms with E-state index in [0.29, 0.717) is 39.0 Å². The zero-order chi connectivity index (χ0) is 23.9. The van der Waals surface area contributed by atoms with Crippen molar-refractivity contribution >= 4 is 11.9 Å². The van der Waals surface area contributed by atoms with Gasteiger partial charge in [-0.2, -0.15) is 0 Å². The monoisotopic (exact) mass is 464 g/mol. The first-order chi connectivity index (χ1) is 16.5. The van der Waals surface area contributed by atoms with Gasteiger partial charge in [-0.05, 0) is 50.4 Å². The lowest BCUT2D eigenvalue weighted by atomic mass is 9.82. The molecule has 3 amide bonds. The summed E-state index contributed by atoms with van der Waals surface area (Å²) in [5, 5.41) is 3.02. The lowest BCUT2D eigenvalue weighted by Crippen LogP contribution is -2.54. The third-order valence-corrected chi connectivity index (χ3v) is 7.58. The molecular weight excluding hydrogens is 432 g/mol. The Morgan fingerprint density at radius 1 is 1.15 bits per heavy atom. The molecule has 0 aromatic heterocycles. The molecule has 2 fully saturated rings. The van der Waals surface area contributed by atoms with Crippen molar-refractivity contribution in [1.82, 2.24) is 20.0 Å². The fourth-order valence-electron chi connectivity index (χ4n) is 5.85. The van der Waals surface area contributed by atoms with E-state index in [2.05, 4.69) is 11.4 Å². The van der Waals surface area contributed by atoms with E-state index in [9.17, 15) is 9.59 Å². The number of hydrogen-bond acceptors (Lipinski definition) is 5. The fourth-order valence-corrected chi connectivity index (χ4v) is 5.85. The van der Waals surface area contributed by atoms with Gasteiger partial charge in [0.15, 0.2) is 0 Å². The Morgan fingerprint density at radius 2 is 1.94 bits per heavy atom. The first-order valence-corrected chi connectivity index (χ1v) is 12.0. The largest absolute Gasteiger partial charge is 0.497 e. The molecule has 0 unspecified atom stereocenters. The van der Waals surface area contributed by atoms with E-state index in [1.165, 1.54) is 0 Å². The molecule has 4 heterocycles. The van der Waals surface area contributed by atoms with E-state index in [-0.39, 0.29) is 17.5 Å². The quantitative estimate of drug-likeness (QED) is 0.741. The molecule has 0 saturated carbocycles. The standard InChI is InChI=1S/C26H32N4O4/c1-4-30-25(32)29-17-19-14-20(33-2)15-22(34-3)21(19)7-8-23(29)26(30)9-12-28(13-10-26)24(31)18-6-5-11-27-16-18/h5,8,11,14-16,27H,4,6-7,9-10,12-13,17H2,1-3H3. The number of dihydropyridines is 1. The Balaban J connectivity index is 1.44. The second kappa shape index (κ2) is 8.74. The summed E-state index contributed by atoms with van der Waals surface area (Å²) in [6, 6.07) is 3.94. The molecule has 0 aliphatic carbocycles.